The molecule has 0 atom stereocenters. The summed E-state index contributed by atoms with van der Waals surface area (Å²) in [6.45, 7) is 2.18. The Morgan fingerprint density at radius 1 is 1.50 bits per heavy atom. The Hall–Kier alpha value is -0.730. The summed E-state index contributed by atoms with van der Waals surface area (Å²) in [5, 5.41) is 4.07. The summed E-state index contributed by atoms with van der Waals surface area (Å²) >= 11 is 6.13. The molecule has 0 spiro atoms. The predicted octanol–water partition coefficient (Wildman–Crippen LogP) is 2.11. The summed E-state index contributed by atoms with van der Waals surface area (Å²) in [6.07, 6.45) is 1.01. The van der Waals surface area contributed by atoms with Crippen molar-refractivity contribution in [2.45, 2.75) is 6.42 Å². The van der Waals surface area contributed by atoms with Gasteiger partial charge in [0.2, 0.25) is 0 Å². The van der Waals surface area contributed by atoms with E-state index in [4.69, 9.17) is 16.3 Å². The van der Waals surface area contributed by atoms with E-state index < -0.39 is 0 Å². The minimum atomic E-state index is 0.712. The monoisotopic (exact) mass is 211 g/mol. The lowest BCUT2D eigenvalue weighted by Gasteiger charge is -2.27. The van der Waals surface area contributed by atoms with E-state index in [1.54, 1.807) is 7.11 Å². The Labute approximate surface area is 89.2 Å². The summed E-state index contributed by atoms with van der Waals surface area (Å²) < 4.78 is 5.29. The Balaban J connectivity index is 2.19. The van der Waals surface area contributed by atoms with Gasteiger partial charge in [-0.15, -0.1) is 0 Å². The van der Waals surface area contributed by atoms with Crippen LogP contribution in [0.3, 0.4) is 0 Å². The van der Waals surface area contributed by atoms with E-state index in [-0.39, 0.29) is 0 Å². The fourth-order valence-electron chi connectivity index (χ4n) is 1.71. The van der Waals surface area contributed by atoms with Gasteiger partial charge < -0.3 is 10.1 Å². The van der Waals surface area contributed by atoms with Crippen LogP contribution in [0.15, 0.2) is 18.2 Å². The molecule has 0 aromatic heterocycles. The van der Waals surface area contributed by atoms with Gasteiger partial charge in [-0.3, -0.25) is 0 Å². The van der Waals surface area contributed by atoms with E-state index in [0.717, 1.165) is 35.8 Å². The molecule has 2 rings (SSSR count). The topological polar surface area (TPSA) is 21.3 Å². The van der Waals surface area contributed by atoms with E-state index in [9.17, 15) is 0 Å². The van der Waals surface area contributed by atoms with Crippen LogP contribution in [0.2, 0.25) is 5.02 Å². The van der Waals surface area contributed by atoms with Gasteiger partial charge in [-0.25, -0.2) is 0 Å². The number of benzene rings is 1. The summed E-state index contributed by atoms with van der Waals surface area (Å²) in [6, 6.07) is 5.81. The molecule has 1 aromatic rings. The minimum Gasteiger partial charge on any atom is -0.496 e. The molecule has 0 saturated carbocycles. The number of halogens is 1. The molecule has 3 heteroatoms. The van der Waals surface area contributed by atoms with Crippen LogP contribution < -0.4 is 10.1 Å². The second kappa shape index (κ2) is 4.20. The molecule has 14 heavy (non-hydrogen) atoms. The van der Waals surface area contributed by atoms with Crippen molar-refractivity contribution in [3.63, 3.8) is 0 Å². The zero-order valence-electron chi connectivity index (χ0n) is 8.22. The third-order valence-electron chi connectivity index (χ3n) is 2.65. The van der Waals surface area contributed by atoms with Crippen LogP contribution >= 0.6 is 11.6 Å². The molecule has 1 aliphatic heterocycles. The van der Waals surface area contributed by atoms with Crippen molar-refractivity contribution in [3.8, 4) is 5.75 Å². The molecule has 0 amide bonds. The normalized spacial score (nSPS) is 16.4. The van der Waals surface area contributed by atoms with Gasteiger partial charge in [0.25, 0.3) is 0 Å². The number of nitrogens with one attached hydrogen (secondary N) is 1. The molecule has 1 N–H and O–H groups in total. The summed E-state index contributed by atoms with van der Waals surface area (Å²) in [7, 11) is 1.69. The van der Waals surface area contributed by atoms with Crippen LogP contribution in [0.25, 0.3) is 0 Å². The summed E-state index contributed by atoms with van der Waals surface area (Å²) in [5.74, 6) is 1.62. The zero-order chi connectivity index (χ0) is 9.97. The number of hydrogen-bond donors (Lipinski definition) is 1. The van der Waals surface area contributed by atoms with Gasteiger partial charge in [0.1, 0.15) is 5.75 Å². The average molecular weight is 212 g/mol. The number of methoxy groups -OCH3 is 1. The fraction of sp³-hybridized carbons (Fsp3) is 0.455. The molecule has 1 heterocycles. The number of hydrogen-bond acceptors (Lipinski definition) is 2. The van der Waals surface area contributed by atoms with Crippen LogP contribution in [0.1, 0.15) is 5.56 Å². The van der Waals surface area contributed by atoms with Gasteiger partial charge in [0, 0.05) is 10.6 Å². The Kier molecular flexibility index (Phi) is 2.94. The summed E-state index contributed by atoms with van der Waals surface area (Å²) in [5.41, 5.74) is 1.14. The van der Waals surface area contributed by atoms with Crippen molar-refractivity contribution in [2.24, 2.45) is 5.92 Å². The number of rotatable bonds is 3. The van der Waals surface area contributed by atoms with E-state index in [1.807, 2.05) is 18.2 Å². The number of ether oxygens (including phenoxy) is 1. The Bertz CT molecular complexity index is 323. The van der Waals surface area contributed by atoms with Crippen LogP contribution in [-0.4, -0.2) is 20.2 Å². The third kappa shape index (κ3) is 1.86. The molecule has 76 valence electrons. The Morgan fingerprint density at radius 2 is 2.29 bits per heavy atom. The molecule has 1 aromatic carbocycles. The molecule has 1 saturated heterocycles. The van der Waals surface area contributed by atoms with Crippen LogP contribution in [-0.2, 0) is 6.42 Å². The quantitative estimate of drug-likeness (QED) is 0.827. The van der Waals surface area contributed by atoms with Gasteiger partial charge in [0.05, 0.1) is 7.11 Å². The van der Waals surface area contributed by atoms with Crippen molar-refractivity contribution >= 4 is 11.6 Å². The standard InChI is InChI=1S/C11H14ClNO/c1-14-11-4-2-3-10(12)9(11)5-8-6-13-7-8/h2-4,8,13H,5-7H2,1H3. The van der Waals surface area contributed by atoms with Crippen molar-refractivity contribution in [2.75, 3.05) is 20.2 Å². The van der Waals surface area contributed by atoms with Crippen LogP contribution in [0.4, 0.5) is 0 Å². The van der Waals surface area contributed by atoms with E-state index in [2.05, 4.69) is 5.32 Å². The SMILES string of the molecule is COc1cccc(Cl)c1CC1CNC1. The smallest absolute Gasteiger partial charge is 0.123 e. The predicted molar refractivity (Wildman–Crippen MR) is 58.1 cm³/mol. The molecular weight excluding hydrogens is 198 g/mol. The maximum atomic E-state index is 6.13. The molecule has 0 aliphatic carbocycles. The maximum Gasteiger partial charge on any atom is 0.123 e. The first-order valence-corrected chi connectivity index (χ1v) is 5.21. The minimum absolute atomic E-state index is 0.712. The largest absolute Gasteiger partial charge is 0.496 e. The second-order valence-corrected chi connectivity index (χ2v) is 4.06. The molecule has 1 aliphatic rings. The highest BCUT2D eigenvalue weighted by Crippen LogP contribution is 2.29. The highest BCUT2D eigenvalue weighted by atomic mass is 35.5. The van der Waals surface area contributed by atoms with Gasteiger partial charge in [0.15, 0.2) is 0 Å². The van der Waals surface area contributed by atoms with Gasteiger partial charge >= 0.3 is 0 Å². The molecular formula is C11H14ClNO. The first kappa shape index (κ1) is 9.81. The van der Waals surface area contributed by atoms with Crippen LogP contribution in [0, 0.1) is 5.92 Å². The molecule has 0 radical (unpaired) electrons. The van der Waals surface area contributed by atoms with E-state index in [0.29, 0.717) is 5.92 Å². The first-order chi connectivity index (χ1) is 6.81. The van der Waals surface area contributed by atoms with Crippen LogP contribution in [0.5, 0.6) is 5.75 Å². The summed E-state index contributed by atoms with van der Waals surface area (Å²) in [4.78, 5) is 0. The molecule has 0 unspecified atom stereocenters. The van der Waals surface area contributed by atoms with Crippen molar-refractivity contribution in [1.82, 2.24) is 5.32 Å². The second-order valence-electron chi connectivity index (χ2n) is 3.65. The van der Waals surface area contributed by atoms with Gasteiger partial charge in [-0.1, -0.05) is 17.7 Å². The maximum absolute atomic E-state index is 6.13. The molecule has 0 bridgehead atoms. The molecule has 2 nitrogen and oxygen atoms in total. The fourth-order valence-corrected chi connectivity index (χ4v) is 1.95. The lowest BCUT2D eigenvalue weighted by Crippen LogP contribution is -2.43. The van der Waals surface area contributed by atoms with Crippen molar-refractivity contribution in [3.05, 3.63) is 28.8 Å². The van der Waals surface area contributed by atoms with Crippen molar-refractivity contribution < 1.29 is 4.74 Å². The lowest BCUT2D eigenvalue weighted by molar-refractivity contribution is 0.338. The molecule has 1 fully saturated rings. The average Bonchev–Trinajstić information content (AvgIpc) is 2.12. The van der Waals surface area contributed by atoms with E-state index in [1.165, 1.54) is 0 Å². The third-order valence-corrected chi connectivity index (χ3v) is 3.01. The Morgan fingerprint density at radius 3 is 2.86 bits per heavy atom. The lowest BCUT2D eigenvalue weighted by atomic mass is 9.94. The highest BCUT2D eigenvalue weighted by Gasteiger charge is 2.20. The van der Waals surface area contributed by atoms with E-state index >= 15 is 0 Å². The van der Waals surface area contributed by atoms with Gasteiger partial charge in [-0.2, -0.15) is 0 Å². The van der Waals surface area contributed by atoms with Crippen molar-refractivity contribution in [1.29, 1.82) is 0 Å². The first-order valence-electron chi connectivity index (χ1n) is 4.83. The highest BCUT2D eigenvalue weighted by molar-refractivity contribution is 6.31. The zero-order valence-corrected chi connectivity index (χ0v) is 8.97. The van der Waals surface area contributed by atoms with Gasteiger partial charge in [-0.05, 0) is 37.6 Å².